The fraction of sp³-hybridized carbons (Fsp3) is 0.500. The SMILES string of the molecule is CCCS(=O)(=O)Nc1cccc(-c2nc(C3CCN(C(=O)C4(C)CCN(C(=O)C5CCN(c6ccc([C@@H]7CCC(=O)NC7=O)cn6)CC5)CC4)CC3)sc2-c2ccnc(N)n2)c1F. The third kappa shape index (κ3) is 9.54. The Bertz CT molecular complexity index is 2480. The van der Waals surface area contributed by atoms with Crippen LogP contribution < -0.4 is 20.7 Å². The zero-order chi connectivity index (χ0) is 44.5. The second kappa shape index (κ2) is 18.3. The minimum atomic E-state index is -3.75. The Morgan fingerprint density at radius 2 is 1.70 bits per heavy atom. The highest BCUT2D eigenvalue weighted by Gasteiger charge is 2.43. The minimum absolute atomic E-state index is 0.00768. The molecule has 4 fully saturated rings. The molecule has 4 aliphatic heterocycles. The number of imide groups is 1. The maximum atomic E-state index is 16.1. The van der Waals surface area contributed by atoms with Gasteiger partial charge in [-0.1, -0.05) is 26.0 Å². The summed E-state index contributed by atoms with van der Waals surface area (Å²) in [4.78, 5) is 76.3. The lowest BCUT2D eigenvalue weighted by molar-refractivity contribution is -0.149. The first-order valence-corrected chi connectivity index (χ1v) is 24.2. The number of nitrogens with one attached hydrogen (secondary N) is 2. The van der Waals surface area contributed by atoms with Crippen LogP contribution >= 0.6 is 11.3 Å². The highest BCUT2D eigenvalue weighted by Crippen LogP contribution is 2.44. The standard InChI is InChI=1S/C44H53FN10O6S2/c1-3-25-63(60,61)52-32-6-4-5-31(36(32)45)37-38(33-11-18-47-43(46)49-33)62-40(51-37)27-12-21-55(22-13-27)42(59)44(2)16-23-54(24-17-44)41(58)28-14-19-53(20-15-28)34-9-7-29(26-48-34)30-8-10-35(56)50-39(30)57/h4-7,9,11,18,26-28,30,52H,3,8,10,12-17,19-25H2,1-2H3,(H2,46,47,49)(H,50,56,57)/t30-/m0/s1. The van der Waals surface area contributed by atoms with Crippen LogP contribution in [0.15, 0.2) is 48.8 Å². The van der Waals surface area contributed by atoms with E-state index in [0.717, 1.165) is 16.4 Å². The normalized spacial score (nSPS) is 20.1. The summed E-state index contributed by atoms with van der Waals surface area (Å²) in [5.74, 6) is -0.807. The molecule has 19 heteroatoms. The number of hydrogen-bond acceptors (Lipinski definition) is 13. The van der Waals surface area contributed by atoms with Crippen molar-refractivity contribution >= 4 is 62.4 Å². The van der Waals surface area contributed by atoms with Gasteiger partial charge in [0.1, 0.15) is 5.82 Å². The van der Waals surface area contributed by atoms with E-state index in [9.17, 15) is 27.6 Å². The summed E-state index contributed by atoms with van der Waals surface area (Å²) in [5.41, 5.74) is 6.92. The van der Waals surface area contributed by atoms with Crippen LogP contribution in [0.2, 0.25) is 0 Å². The minimum Gasteiger partial charge on any atom is -0.368 e. The molecule has 3 aromatic heterocycles. The number of aromatic nitrogens is 4. The molecule has 8 rings (SSSR count). The summed E-state index contributed by atoms with van der Waals surface area (Å²) >= 11 is 1.38. The number of carbonyl (C=O) groups excluding carboxylic acids is 4. The number of halogens is 1. The molecule has 63 heavy (non-hydrogen) atoms. The van der Waals surface area contributed by atoms with Crippen molar-refractivity contribution in [2.45, 2.75) is 83.5 Å². The lowest BCUT2D eigenvalue weighted by Gasteiger charge is -2.43. The topological polar surface area (TPSA) is 214 Å². The van der Waals surface area contributed by atoms with Crippen molar-refractivity contribution in [2.24, 2.45) is 11.3 Å². The zero-order valence-electron chi connectivity index (χ0n) is 35.5. The van der Waals surface area contributed by atoms with Crippen molar-refractivity contribution in [1.29, 1.82) is 0 Å². The van der Waals surface area contributed by atoms with Crippen molar-refractivity contribution in [3.63, 3.8) is 0 Å². The smallest absolute Gasteiger partial charge is 0.234 e. The summed E-state index contributed by atoms with van der Waals surface area (Å²) < 4.78 is 43.6. The highest BCUT2D eigenvalue weighted by molar-refractivity contribution is 7.92. The summed E-state index contributed by atoms with van der Waals surface area (Å²) in [5, 5.41) is 3.17. The molecule has 4 aromatic rings. The molecule has 4 aliphatic rings. The van der Waals surface area contributed by atoms with Crippen LogP contribution in [0.5, 0.6) is 0 Å². The van der Waals surface area contributed by atoms with Gasteiger partial charge < -0.3 is 20.4 Å². The first-order chi connectivity index (χ1) is 30.2. The van der Waals surface area contributed by atoms with Gasteiger partial charge in [-0.15, -0.1) is 11.3 Å². The Morgan fingerprint density at radius 3 is 2.37 bits per heavy atom. The summed E-state index contributed by atoms with van der Waals surface area (Å²) in [6.45, 7) is 7.23. The number of rotatable bonds is 11. The molecule has 0 spiro atoms. The molecule has 0 radical (unpaired) electrons. The van der Waals surface area contributed by atoms with Crippen LogP contribution in [-0.2, 0) is 29.2 Å². The fourth-order valence-electron chi connectivity index (χ4n) is 9.21. The Kier molecular flexibility index (Phi) is 12.8. The van der Waals surface area contributed by atoms with Gasteiger partial charge in [0.25, 0.3) is 0 Å². The first kappa shape index (κ1) is 44.1. The van der Waals surface area contributed by atoms with Gasteiger partial charge >= 0.3 is 0 Å². The van der Waals surface area contributed by atoms with Gasteiger partial charge in [0, 0.05) is 80.9 Å². The lowest BCUT2D eigenvalue weighted by Crippen LogP contribution is -2.52. The number of likely N-dealkylation sites (tertiary alicyclic amines) is 2. The molecule has 334 valence electrons. The zero-order valence-corrected chi connectivity index (χ0v) is 37.1. The fourth-order valence-corrected chi connectivity index (χ4v) is 11.6. The predicted octanol–water partition coefficient (Wildman–Crippen LogP) is 5.31. The number of pyridine rings is 1. The second-order valence-electron chi connectivity index (χ2n) is 17.3. The number of amides is 4. The van der Waals surface area contributed by atoms with Crippen LogP contribution in [0, 0.1) is 17.2 Å². The molecule has 7 heterocycles. The monoisotopic (exact) mass is 900 g/mol. The average Bonchev–Trinajstić information content (AvgIpc) is 3.72. The number of nitrogen functional groups attached to an aromatic ring is 1. The molecule has 1 atom stereocenters. The number of hydrogen-bond donors (Lipinski definition) is 3. The average molecular weight is 901 g/mol. The van der Waals surface area contributed by atoms with Gasteiger partial charge in [-0.3, -0.25) is 29.2 Å². The molecule has 0 saturated carbocycles. The van der Waals surface area contributed by atoms with E-state index in [4.69, 9.17) is 10.7 Å². The Balaban J connectivity index is 0.860. The van der Waals surface area contributed by atoms with E-state index in [1.807, 2.05) is 28.9 Å². The number of carbonyl (C=O) groups is 4. The molecule has 4 N–H and O–H groups in total. The lowest BCUT2D eigenvalue weighted by atomic mass is 9.78. The maximum Gasteiger partial charge on any atom is 0.234 e. The molecule has 0 unspecified atom stereocenters. The first-order valence-electron chi connectivity index (χ1n) is 21.7. The molecular weight excluding hydrogens is 848 g/mol. The van der Waals surface area contributed by atoms with Crippen molar-refractivity contribution in [3.8, 4) is 21.8 Å². The van der Waals surface area contributed by atoms with E-state index in [2.05, 4.69) is 29.9 Å². The van der Waals surface area contributed by atoms with Crippen LogP contribution in [-0.4, -0.2) is 107 Å². The van der Waals surface area contributed by atoms with E-state index in [1.165, 1.54) is 23.6 Å². The van der Waals surface area contributed by atoms with Gasteiger partial charge in [0.15, 0.2) is 5.82 Å². The van der Waals surface area contributed by atoms with Gasteiger partial charge in [-0.05, 0) is 81.2 Å². The van der Waals surface area contributed by atoms with E-state index in [1.54, 1.807) is 31.3 Å². The van der Waals surface area contributed by atoms with Crippen LogP contribution in [0.3, 0.4) is 0 Å². The summed E-state index contributed by atoms with van der Waals surface area (Å²) in [7, 11) is -3.75. The molecule has 16 nitrogen and oxygen atoms in total. The third-order valence-corrected chi connectivity index (χ3v) is 15.7. The van der Waals surface area contributed by atoms with Gasteiger partial charge in [0.2, 0.25) is 39.6 Å². The number of anilines is 3. The van der Waals surface area contributed by atoms with Crippen LogP contribution in [0.1, 0.15) is 94.0 Å². The van der Waals surface area contributed by atoms with Crippen molar-refractivity contribution in [3.05, 3.63) is 65.2 Å². The Morgan fingerprint density at radius 1 is 0.952 bits per heavy atom. The Hall–Kier alpha value is -5.56. The number of sulfonamides is 1. The van der Waals surface area contributed by atoms with Gasteiger partial charge in [-0.25, -0.2) is 32.7 Å². The van der Waals surface area contributed by atoms with E-state index >= 15 is 4.39 Å². The molecular formula is C44H53FN10O6S2. The highest BCUT2D eigenvalue weighted by atomic mass is 32.2. The van der Waals surface area contributed by atoms with E-state index in [0.29, 0.717) is 113 Å². The molecule has 0 aliphatic carbocycles. The predicted molar refractivity (Wildman–Crippen MR) is 237 cm³/mol. The number of thiazole rings is 1. The summed E-state index contributed by atoms with van der Waals surface area (Å²) in [6.07, 6.45) is 8.29. The van der Waals surface area contributed by atoms with Gasteiger partial charge in [-0.2, -0.15) is 0 Å². The Labute approximate surface area is 370 Å². The molecule has 1 aromatic carbocycles. The quantitative estimate of drug-likeness (QED) is 0.164. The molecule has 4 amide bonds. The van der Waals surface area contributed by atoms with E-state index in [-0.39, 0.29) is 64.3 Å². The number of nitrogens with zero attached hydrogens (tertiary/aromatic N) is 7. The van der Waals surface area contributed by atoms with Crippen LogP contribution in [0.4, 0.5) is 21.8 Å². The largest absolute Gasteiger partial charge is 0.368 e. The van der Waals surface area contributed by atoms with Crippen LogP contribution in [0.25, 0.3) is 21.8 Å². The maximum absolute atomic E-state index is 16.1. The van der Waals surface area contributed by atoms with E-state index < -0.39 is 21.3 Å². The number of nitrogens with two attached hydrogens (primary N) is 1. The summed E-state index contributed by atoms with van der Waals surface area (Å²) in [6, 6.07) is 10.0. The van der Waals surface area contributed by atoms with Crippen molar-refractivity contribution in [1.82, 2.24) is 35.1 Å². The molecule has 4 saturated heterocycles. The third-order valence-electron chi connectivity index (χ3n) is 12.9. The number of piperidine rings is 4. The van der Waals surface area contributed by atoms with Crippen molar-refractivity contribution in [2.75, 3.05) is 60.4 Å². The second-order valence-corrected chi connectivity index (χ2v) is 20.2. The van der Waals surface area contributed by atoms with Gasteiger partial charge in [0.05, 0.1) is 38.6 Å². The number of benzene rings is 1. The van der Waals surface area contributed by atoms with Crippen molar-refractivity contribution < 1.29 is 32.0 Å². The molecule has 0 bridgehead atoms.